The first kappa shape index (κ1) is 14.7. The highest BCUT2D eigenvalue weighted by Crippen LogP contribution is 2.21. The van der Waals surface area contributed by atoms with Crippen LogP contribution < -0.4 is 0 Å². The van der Waals surface area contributed by atoms with Crippen LogP contribution in [0.5, 0.6) is 0 Å². The third kappa shape index (κ3) is 3.26. The second-order valence-electron chi connectivity index (χ2n) is 4.53. The van der Waals surface area contributed by atoms with E-state index in [1.807, 2.05) is 61.8 Å². The predicted octanol–water partition coefficient (Wildman–Crippen LogP) is 2.86. The van der Waals surface area contributed by atoms with Crippen molar-refractivity contribution in [2.75, 3.05) is 13.2 Å². The van der Waals surface area contributed by atoms with Crippen LogP contribution in [0.2, 0.25) is 0 Å². The van der Waals surface area contributed by atoms with Gasteiger partial charge in [-0.25, -0.2) is 9.36 Å². The molecule has 0 N–H and O–H groups in total. The largest absolute Gasteiger partial charge is 0.357 e. The summed E-state index contributed by atoms with van der Waals surface area (Å²) in [4.78, 5) is 0. The van der Waals surface area contributed by atoms with Crippen molar-refractivity contribution in [1.82, 2.24) is 19.6 Å². The molecule has 0 fully saturated rings. The fraction of sp³-hybridized carbons (Fsp3) is 0.571. The second kappa shape index (κ2) is 6.67. The second-order valence-corrected chi connectivity index (χ2v) is 4.53. The summed E-state index contributed by atoms with van der Waals surface area (Å²) in [5.41, 5.74) is 2.04. The van der Waals surface area contributed by atoms with E-state index in [2.05, 4.69) is 10.2 Å². The summed E-state index contributed by atoms with van der Waals surface area (Å²) in [6.07, 6.45) is 7.45. The van der Waals surface area contributed by atoms with Crippen LogP contribution in [-0.4, -0.2) is 32.8 Å². The summed E-state index contributed by atoms with van der Waals surface area (Å²) < 4.78 is 14.6. The molecule has 0 spiro atoms. The van der Waals surface area contributed by atoms with E-state index in [9.17, 15) is 0 Å². The molecule has 0 radical (unpaired) electrons. The Hall–Kier alpha value is -1.66. The summed E-state index contributed by atoms with van der Waals surface area (Å²) in [5, 5.41) is 8.65. The fourth-order valence-electron chi connectivity index (χ4n) is 2.01. The lowest BCUT2D eigenvalue weighted by Crippen LogP contribution is -2.09. The van der Waals surface area contributed by atoms with Crippen molar-refractivity contribution in [3.8, 4) is 11.1 Å². The lowest BCUT2D eigenvalue weighted by atomic mass is 10.2. The van der Waals surface area contributed by atoms with Gasteiger partial charge in [0.25, 0.3) is 0 Å². The predicted molar refractivity (Wildman–Crippen MR) is 76.1 cm³/mol. The Morgan fingerprint density at radius 1 is 0.900 bits per heavy atom. The van der Waals surface area contributed by atoms with Crippen LogP contribution in [0.25, 0.3) is 11.1 Å². The van der Waals surface area contributed by atoms with Crippen LogP contribution in [0, 0.1) is 0 Å². The van der Waals surface area contributed by atoms with Crippen LogP contribution in [-0.2, 0) is 9.47 Å². The normalized spacial score (nSPS) is 14.4. The molecule has 0 saturated carbocycles. The van der Waals surface area contributed by atoms with Crippen molar-refractivity contribution in [3.05, 3.63) is 24.8 Å². The average Bonchev–Trinajstić information content (AvgIpc) is 3.08. The molecule has 110 valence electrons. The molecular weight excluding hydrogens is 256 g/mol. The van der Waals surface area contributed by atoms with Crippen LogP contribution in [0.4, 0.5) is 0 Å². The first-order valence-corrected chi connectivity index (χ1v) is 6.97. The van der Waals surface area contributed by atoms with E-state index in [4.69, 9.17) is 9.47 Å². The molecule has 0 aliphatic carbocycles. The monoisotopic (exact) mass is 278 g/mol. The molecule has 2 aromatic heterocycles. The first-order valence-electron chi connectivity index (χ1n) is 6.97. The molecule has 2 heterocycles. The van der Waals surface area contributed by atoms with Crippen molar-refractivity contribution >= 4 is 0 Å². The molecule has 0 bridgehead atoms. The van der Waals surface area contributed by atoms with E-state index in [1.54, 1.807) is 0 Å². The molecule has 0 aliphatic rings. The number of ether oxygens (including phenoxy) is 2. The topological polar surface area (TPSA) is 54.1 Å². The minimum Gasteiger partial charge on any atom is -0.357 e. The molecule has 0 aromatic carbocycles. The van der Waals surface area contributed by atoms with Crippen molar-refractivity contribution in [1.29, 1.82) is 0 Å². The molecule has 6 heteroatoms. The fourth-order valence-corrected chi connectivity index (χ4v) is 2.01. The quantitative estimate of drug-likeness (QED) is 0.781. The zero-order valence-corrected chi connectivity index (χ0v) is 12.5. The van der Waals surface area contributed by atoms with Crippen LogP contribution in [0.3, 0.4) is 0 Å². The van der Waals surface area contributed by atoms with Gasteiger partial charge in [0, 0.05) is 36.7 Å². The molecule has 20 heavy (non-hydrogen) atoms. The number of hydrogen-bond acceptors (Lipinski definition) is 4. The summed E-state index contributed by atoms with van der Waals surface area (Å²) in [6.45, 7) is 9.22. The summed E-state index contributed by atoms with van der Waals surface area (Å²) in [6, 6.07) is 0. The third-order valence-corrected chi connectivity index (χ3v) is 3.10. The third-order valence-electron chi connectivity index (χ3n) is 3.10. The van der Waals surface area contributed by atoms with Crippen molar-refractivity contribution in [2.24, 2.45) is 0 Å². The summed E-state index contributed by atoms with van der Waals surface area (Å²) in [7, 11) is 0. The van der Waals surface area contributed by atoms with Gasteiger partial charge in [0.15, 0.2) is 0 Å². The number of nitrogens with zero attached hydrogens (tertiary/aromatic N) is 4. The van der Waals surface area contributed by atoms with Gasteiger partial charge in [-0.3, -0.25) is 0 Å². The Bertz CT molecular complexity index is 487. The zero-order chi connectivity index (χ0) is 14.5. The van der Waals surface area contributed by atoms with Gasteiger partial charge in [-0.05, 0) is 27.7 Å². The average molecular weight is 278 g/mol. The Kier molecular flexibility index (Phi) is 4.92. The van der Waals surface area contributed by atoms with Gasteiger partial charge in [0.1, 0.15) is 12.5 Å². The minimum atomic E-state index is -0.0638. The van der Waals surface area contributed by atoms with E-state index in [0.29, 0.717) is 13.2 Å². The van der Waals surface area contributed by atoms with E-state index in [1.165, 1.54) is 0 Å². The Labute approximate surface area is 119 Å². The molecule has 2 rings (SSSR count). The molecule has 2 aromatic rings. The molecule has 2 unspecified atom stereocenters. The standard InChI is InChI=1S/C14H22N4O2/c1-5-19-11(3)17-9-13(7-15-17)14-8-16-18(10-14)12(4)20-6-2/h7-12H,5-6H2,1-4H3. The first-order chi connectivity index (χ1) is 9.65. The maximum Gasteiger partial charge on any atom is 0.147 e. The Balaban J connectivity index is 2.12. The van der Waals surface area contributed by atoms with Gasteiger partial charge in [-0.2, -0.15) is 10.2 Å². The van der Waals surface area contributed by atoms with Gasteiger partial charge < -0.3 is 9.47 Å². The van der Waals surface area contributed by atoms with Gasteiger partial charge in [-0.15, -0.1) is 0 Å². The molecule has 6 nitrogen and oxygen atoms in total. The van der Waals surface area contributed by atoms with Gasteiger partial charge >= 0.3 is 0 Å². The summed E-state index contributed by atoms with van der Waals surface area (Å²) in [5.74, 6) is 0. The lowest BCUT2D eigenvalue weighted by molar-refractivity contribution is 0.0157. The highest BCUT2D eigenvalue weighted by molar-refractivity contribution is 5.59. The maximum atomic E-state index is 5.51. The number of hydrogen-bond donors (Lipinski definition) is 0. The number of aromatic nitrogens is 4. The SMILES string of the molecule is CCOC(C)n1cc(-c2cnn(C(C)OCC)c2)cn1. The van der Waals surface area contributed by atoms with Crippen LogP contribution in [0.1, 0.15) is 40.2 Å². The van der Waals surface area contributed by atoms with Crippen molar-refractivity contribution in [2.45, 2.75) is 40.2 Å². The van der Waals surface area contributed by atoms with Gasteiger partial charge in [0.05, 0.1) is 12.4 Å². The highest BCUT2D eigenvalue weighted by Gasteiger charge is 2.11. The van der Waals surface area contributed by atoms with Crippen molar-refractivity contribution in [3.63, 3.8) is 0 Å². The molecule has 0 aliphatic heterocycles. The van der Waals surface area contributed by atoms with E-state index < -0.39 is 0 Å². The highest BCUT2D eigenvalue weighted by atomic mass is 16.5. The van der Waals surface area contributed by atoms with Gasteiger partial charge in [0.2, 0.25) is 0 Å². The molecule has 2 atom stereocenters. The Morgan fingerprint density at radius 2 is 1.30 bits per heavy atom. The van der Waals surface area contributed by atoms with Crippen molar-refractivity contribution < 1.29 is 9.47 Å². The molecular formula is C14H22N4O2. The van der Waals surface area contributed by atoms with Crippen LogP contribution >= 0.6 is 0 Å². The van der Waals surface area contributed by atoms with E-state index >= 15 is 0 Å². The molecule has 0 saturated heterocycles. The maximum absolute atomic E-state index is 5.51. The smallest absolute Gasteiger partial charge is 0.147 e. The van der Waals surface area contributed by atoms with E-state index in [-0.39, 0.29) is 12.5 Å². The summed E-state index contributed by atoms with van der Waals surface area (Å²) >= 11 is 0. The number of rotatable bonds is 7. The lowest BCUT2D eigenvalue weighted by Gasteiger charge is -2.11. The Morgan fingerprint density at radius 3 is 1.65 bits per heavy atom. The van der Waals surface area contributed by atoms with Crippen LogP contribution in [0.15, 0.2) is 24.8 Å². The van der Waals surface area contributed by atoms with Gasteiger partial charge in [-0.1, -0.05) is 0 Å². The minimum absolute atomic E-state index is 0.0638. The van der Waals surface area contributed by atoms with E-state index in [0.717, 1.165) is 11.1 Å². The zero-order valence-electron chi connectivity index (χ0n) is 12.5. The molecule has 0 amide bonds.